The van der Waals surface area contributed by atoms with Gasteiger partial charge in [0, 0.05) is 16.2 Å². The maximum Gasteiger partial charge on any atom is 0.309 e. The van der Waals surface area contributed by atoms with E-state index < -0.39 is 11.4 Å². The highest BCUT2D eigenvalue weighted by Crippen LogP contribution is 2.50. The summed E-state index contributed by atoms with van der Waals surface area (Å²) in [5.41, 5.74) is 0.300. The number of ether oxygens (including phenoxy) is 1. The van der Waals surface area contributed by atoms with Crippen LogP contribution < -0.4 is 4.74 Å². The number of carboxylic acid groups (broad SMARTS) is 1. The molecule has 1 aliphatic rings. The minimum Gasteiger partial charge on any atom is -0.495 e. The molecule has 0 aromatic carbocycles. The summed E-state index contributed by atoms with van der Waals surface area (Å²) in [4.78, 5) is 15.1. The molecule has 86 valence electrons. The number of rotatable bonds is 4. The predicted molar refractivity (Wildman–Crippen MR) is 61.5 cm³/mol. The highest BCUT2D eigenvalue weighted by atomic mass is 79.9. The summed E-state index contributed by atoms with van der Waals surface area (Å²) in [6, 6.07) is 0. The first-order chi connectivity index (χ1) is 7.59. The fourth-order valence-corrected chi connectivity index (χ4v) is 2.20. The molecule has 0 saturated heterocycles. The molecule has 2 rings (SSSR count). The van der Waals surface area contributed by atoms with E-state index in [0.717, 1.165) is 22.9 Å². The summed E-state index contributed by atoms with van der Waals surface area (Å²) in [7, 11) is 1.56. The Morgan fingerprint density at radius 1 is 1.62 bits per heavy atom. The smallest absolute Gasteiger partial charge is 0.309 e. The number of carboxylic acids is 1. The molecule has 0 unspecified atom stereocenters. The van der Waals surface area contributed by atoms with Gasteiger partial charge in [0.25, 0.3) is 0 Å². The van der Waals surface area contributed by atoms with Gasteiger partial charge in [-0.2, -0.15) is 0 Å². The summed E-state index contributed by atoms with van der Waals surface area (Å²) in [5, 5.41) is 9.15. The van der Waals surface area contributed by atoms with Crippen LogP contribution in [0.3, 0.4) is 0 Å². The van der Waals surface area contributed by atoms with Gasteiger partial charge in [-0.25, -0.2) is 0 Å². The number of hydrogen-bond acceptors (Lipinski definition) is 3. The second-order valence-electron chi connectivity index (χ2n) is 4.06. The third-order valence-corrected chi connectivity index (χ3v) is 3.69. The van der Waals surface area contributed by atoms with Crippen LogP contribution in [0.1, 0.15) is 18.4 Å². The van der Waals surface area contributed by atoms with Gasteiger partial charge >= 0.3 is 5.97 Å². The van der Waals surface area contributed by atoms with Gasteiger partial charge in [0.1, 0.15) is 5.75 Å². The maximum absolute atomic E-state index is 11.1. The molecule has 16 heavy (non-hydrogen) atoms. The SMILES string of the molecule is COc1cncc(Br)c1CC1(C(=O)O)CC1. The van der Waals surface area contributed by atoms with Crippen molar-refractivity contribution >= 4 is 21.9 Å². The van der Waals surface area contributed by atoms with E-state index in [0.29, 0.717) is 12.2 Å². The van der Waals surface area contributed by atoms with Gasteiger partial charge in [0.2, 0.25) is 0 Å². The van der Waals surface area contributed by atoms with Crippen molar-refractivity contribution in [1.82, 2.24) is 4.98 Å². The summed E-state index contributed by atoms with van der Waals surface area (Å²) in [5.74, 6) is -0.0832. The van der Waals surface area contributed by atoms with Crippen LogP contribution >= 0.6 is 15.9 Å². The Balaban J connectivity index is 2.31. The molecule has 0 bridgehead atoms. The number of pyridine rings is 1. The second-order valence-corrected chi connectivity index (χ2v) is 4.92. The molecular weight excluding hydrogens is 274 g/mol. The van der Waals surface area contributed by atoms with Crippen LogP contribution in [0.15, 0.2) is 16.9 Å². The number of nitrogens with zero attached hydrogens (tertiary/aromatic N) is 1. The second kappa shape index (κ2) is 4.05. The number of carbonyl (C=O) groups is 1. The monoisotopic (exact) mass is 285 g/mol. The minimum absolute atomic E-state index is 0.495. The Morgan fingerprint density at radius 2 is 2.31 bits per heavy atom. The molecule has 1 aromatic heterocycles. The van der Waals surface area contributed by atoms with Crippen molar-refractivity contribution in [2.75, 3.05) is 7.11 Å². The highest BCUT2D eigenvalue weighted by molar-refractivity contribution is 9.10. The molecule has 1 heterocycles. The van der Waals surface area contributed by atoms with Crippen LogP contribution in [0.5, 0.6) is 5.75 Å². The quantitative estimate of drug-likeness (QED) is 0.922. The van der Waals surface area contributed by atoms with E-state index in [9.17, 15) is 4.79 Å². The van der Waals surface area contributed by atoms with E-state index in [4.69, 9.17) is 9.84 Å². The van der Waals surface area contributed by atoms with Crippen LogP contribution in [0.25, 0.3) is 0 Å². The lowest BCUT2D eigenvalue weighted by Gasteiger charge is -2.14. The first-order valence-corrected chi connectivity index (χ1v) is 5.78. The van der Waals surface area contributed by atoms with Gasteiger partial charge < -0.3 is 9.84 Å². The van der Waals surface area contributed by atoms with E-state index in [2.05, 4.69) is 20.9 Å². The highest BCUT2D eigenvalue weighted by Gasteiger charge is 2.50. The molecule has 5 heteroatoms. The molecule has 1 aromatic rings. The molecule has 4 nitrogen and oxygen atoms in total. The zero-order valence-electron chi connectivity index (χ0n) is 8.86. The Kier molecular flexibility index (Phi) is 2.88. The van der Waals surface area contributed by atoms with E-state index >= 15 is 0 Å². The van der Waals surface area contributed by atoms with E-state index in [1.807, 2.05) is 0 Å². The molecule has 1 saturated carbocycles. The molecular formula is C11H12BrNO3. The number of aliphatic carboxylic acids is 1. The Labute approximate surface area is 102 Å². The minimum atomic E-state index is -0.724. The normalized spacial score (nSPS) is 16.9. The maximum atomic E-state index is 11.1. The standard InChI is InChI=1S/C11H12BrNO3/c1-16-9-6-13-5-8(12)7(9)4-11(2-3-11)10(14)15/h5-6H,2-4H2,1H3,(H,14,15). The van der Waals surface area contributed by atoms with Crippen LogP contribution in [-0.2, 0) is 11.2 Å². The zero-order chi connectivity index (χ0) is 11.8. The molecule has 1 aliphatic carbocycles. The van der Waals surface area contributed by atoms with Gasteiger partial charge in [-0.3, -0.25) is 9.78 Å². The van der Waals surface area contributed by atoms with Crippen molar-refractivity contribution < 1.29 is 14.6 Å². The van der Waals surface area contributed by atoms with E-state index in [1.54, 1.807) is 19.5 Å². The van der Waals surface area contributed by atoms with Crippen molar-refractivity contribution in [1.29, 1.82) is 0 Å². The predicted octanol–water partition coefficient (Wildman–Crippen LogP) is 2.26. The fourth-order valence-electron chi connectivity index (χ4n) is 1.75. The van der Waals surface area contributed by atoms with Crippen LogP contribution in [0, 0.1) is 5.41 Å². The molecule has 0 amide bonds. The Hall–Kier alpha value is -1.10. The number of aromatic nitrogens is 1. The largest absolute Gasteiger partial charge is 0.495 e. The van der Waals surface area contributed by atoms with Crippen molar-refractivity contribution in [3.05, 3.63) is 22.4 Å². The van der Waals surface area contributed by atoms with Crippen LogP contribution in [0.4, 0.5) is 0 Å². The van der Waals surface area contributed by atoms with Crippen LogP contribution in [0.2, 0.25) is 0 Å². The fraction of sp³-hybridized carbons (Fsp3) is 0.455. The molecule has 0 spiro atoms. The Bertz CT molecular complexity index is 429. The average Bonchev–Trinajstić information content (AvgIpc) is 3.02. The molecule has 1 fully saturated rings. The number of halogens is 1. The van der Waals surface area contributed by atoms with Gasteiger partial charge in [-0.15, -0.1) is 0 Å². The first-order valence-electron chi connectivity index (χ1n) is 4.99. The molecule has 0 aliphatic heterocycles. The summed E-state index contributed by atoms with van der Waals surface area (Å²) in [6.07, 6.45) is 5.24. The van der Waals surface area contributed by atoms with Crippen molar-refractivity contribution in [2.24, 2.45) is 5.41 Å². The summed E-state index contributed by atoms with van der Waals surface area (Å²) < 4.78 is 6.00. The van der Waals surface area contributed by atoms with Gasteiger partial charge in [0.15, 0.2) is 0 Å². The molecule has 0 radical (unpaired) electrons. The number of hydrogen-bond donors (Lipinski definition) is 1. The third kappa shape index (κ3) is 1.91. The van der Waals surface area contributed by atoms with Gasteiger partial charge in [0.05, 0.1) is 18.7 Å². The van der Waals surface area contributed by atoms with Crippen molar-refractivity contribution in [3.8, 4) is 5.75 Å². The Morgan fingerprint density at radius 3 is 2.81 bits per heavy atom. The molecule has 0 atom stereocenters. The van der Waals surface area contributed by atoms with E-state index in [-0.39, 0.29) is 0 Å². The lowest BCUT2D eigenvalue weighted by molar-refractivity contribution is -0.143. The average molecular weight is 286 g/mol. The topological polar surface area (TPSA) is 59.4 Å². The summed E-state index contributed by atoms with van der Waals surface area (Å²) in [6.45, 7) is 0. The van der Waals surface area contributed by atoms with Crippen molar-refractivity contribution in [3.63, 3.8) is 0 Å². The van der Waals surface area contributed by atoms with E-state index in [1.165, 1.54) is 0 Å². The first kappa shape index (κ1) is 11.4. The summed E-state index contributed by atoms with van der Waals surface area (Å²) >= 11 is 3.38. The zero-order valence-corrected chi connectivity index (χ0v) is 10.5. The number of methoxy groups -OCH3 is 1. The van der Waals surface area contributed by atoms with Gasteiger partial charge in [-0.05, 0) is 35.2 Å². The lowest BCUT2D eigenvalue weighted by atomic mass is 9.97. The lowest BCUT2D eigenvalue weighted by Crippen LogP contribution is -2.18. The van der Waals surface area contributed by atoms with Crippen LogP contribution in [-0.4, -0.2) is 23.2 Å². The van der Waals surface area contributed by atoms with Crippen molar-refractivity contribution in [2.45, 2.75) is 19.3 Å². The third-order valence-electron chi connectivity index (χ3n) is 3.01. The molecule has 1 N–H and O–H groups in total. The van der Waals surface area contributed by atoms with Gasteiger partial charge in [-0.1, -0.05) is 0 Å².